The zero-order valence-corrected chi connectivity index (χ0v) is 10.5. The van der Waals surface area contributed by atoms with Crippen molar-refractivity contribution in [1.82, 2.24) is 15.0 Å². The minimum Gasteiger partial charge on any atom is -0.381 e. The molecule has 0 spiro atoms. The summed E-state index contributed by atoms with van der Waals surface area (Å²) in [5, 5.41) is 4.52. The highest BCUT2D eigenvalue weighted by Gasteiger charge is 2.16. The molecule has 0 aliphatic carbocycles. The lowest BCUT2D eigenvalue weighted by molar-refractivity contribution is 0.0904. The molecule has 1 aliphatic heterocycles. The average molecular weight is 265 g/mol. The van der Waals surface area contributed by atoms with Gasteiger partial charge in [-0.2, -0.15) is 4.98 Å². The zero-order chi connectivity index (χ0) is 12.4. The number of pyridine rings is 1. The second-order valence-corrected chi connectivity index (χ2v) is 4.58. The molecule has 18 heavy (non-hydrogen) atoms. The summed E-state index contributed by atoms with van der Waals surface area (Å²) >= 11 is 5.91. The molecule has 1 aliphatic rings. The molecule has 0 unspecified atom stereocenters. The number of anilines is 1. The van der Waals surface area contributed by atoms with Crippen molar-refractivity contribution in [2.24, 2.45) is 0 Å². The van der Waals surface area contributed by atoms with Gasteiger partial charge >= 0.3 is 0 Å². The number of nitrogens with one attached hydrogen (secondary N) is 1. The number of nitrogens with zero attached hydrogens (tertiary/aromatic N) is 3. The van der Waals surface area contributed by atoms with Crippen molar-refractivity contribution in [2.75, 3.05) is 18.5 Å². The molecule has 2 aromatic heterocycles. The summed E-state index contributed by atoms with van der Waals surface area (Å²) < 4.78 is 5.34. The summed E-state index contributed by atoms with van der Waals surface area (Å²) in [4.78, 5) is 12.6. The van der Waals surface area contributed by atoms with Gasteiger partial charge in [0.05, 0.1) is 5.39 Å². The minimum atomic E-state index is 0.218. The number of halogens is 1. The Balaban J connectivity index is 1.94. The average Bonchev–Trinajstić information content (AvgIpc) is 2.40. The number of ether oxygens (including phenoxy) is 1. The Bertz CT molecular complexity index is 557. The summed E-state index contributed by atoms with van der Waals surface area (Å²) in [5.74, 6) is 0.755. The molecule has 0 aromatic carbocycles. The molecule has 3 rings (SSSR count). The van der Waals surface area contributed by atoms with Crippen LogP contribution in [0.2, 0.25) is 5.28 Å². The maximum absolute atomic E-state index is 5.91. The van der Waals surface area contributed by atoms with E-state index in [1.807, 2.05) is 12.1 Å². The number of hydrogen-bond donors (Lipinski definition) is 1. The third kappa shape index (κ3) is 2.37. The molecule has 2 aromatic rings. The summed E-state index contributed by atoms with van der Waals surface area (Å²) in [6.07, 6.45) is 3.65. The van der Waals surface area contributed by atoms with E-state index >= 15 is 0 Å². The van der Waals surface area contributed by atoms with E-state index in [0.29, 0.717) is 11.7 Å². The fourth-order valence-corrected chi connectivity index (χ4v) is 2.25. The minimum absolute atomic E-state index is 0.218. The van der Waals surface area contributed by atoms with E-state index in [-0.39, 0.29) is 5.28 Å². The Morgan fingerprint density at radius 1 is 1.28 bits per heavy atom. The Kier molecular flexibility index (Phi) is 3.25. The van der Waals surface area contributed by atoms with Crippen molar-refractivity contribution >= 4 is 28.5 Å². The maximum atomic E-state index is 5.91. The third-order valence-electron chi connectivity index (χ3n) is 3.01. The van der Waals surface area contributed by atoms with Crippen LogP contribution in [0.15, 0.2) is 18.3 Å². The molecule has 0 bridgehead atoms. The van der Waals surface area contributed by atoms with E-state index in [0.717, 1.165) is 37.3 Å². The van der Waals surface area contributed by atoms with E-state index in [1.165, 1.54) is 0 Å². The van der Waals surface area contributed by atoms with Crippen LogP contribution in [0.25, 0.3) is 11.0 Å². The van der Waals surface area contributed by atoms with E-state index < -0.39 is 0 Å². The highest BCUT2D eigenvalue weighted by molar-refractivity contribution is 6.28. The van der Waals surface area contributed by atoms with Crippen molar-refractivity contribution in [1.29, 1.82) is 0 Å². The molecule has 0 atom stereocenters. The molecular formula is C12H13ClN4O. The van der Waals surface area contributed by atoms with Crippen LogP contribution in [-0.2, 0) is 4.74 Å². The molecule has 3 heterocycles. The first-order chi connectivity index (χ1) is 8.83. The predicted octanol–water partition coefficient (Wildman–Crippen LogP) is 2.27. The standard InChI is InChI=1S/C12H13ClN4O/c13-12-16-10-9(2-1-5-14-10)11(17-12)15-8-3-6-18-7-4-8/h1-2,5,8H,3-4,6-7H2,(H,14,15,16,17). The lowest BCUT2D eigenvalue weighted by atomic mass is 10.1. The SMILES string of the molecule is Clc1nc(NC2CCOCC2)c2cccnc2n1. The molecule has 1 N–H and O–H groups in total. The van der Waals surface area contributed by atoms with Gasteiger partial charge in [-0.1, -0.05) is 0 Å². The monoisotopic (exact) mass is 264 g/mol. The number of aromatic nitrogens is 3. The van der Waals surface area contributed by atoms with Crippen molar-refractivity contribution in [2.45, 2.75) is 18.9 Å². The van der Waals surface area contributed by atoms with Gasteiger partial charge in [-0.25, -0.2) is 9.97 Å². The number of rotatable bonds is 2. The van der Waals surface area contributed by atoms with E-state index in [2.05, 4.69) is 20.3 Å². The van der Waals surface area contributed by atoms with E-state index in [4.69, 9.17) is 16.3 Å². The number of hydrogen-bond acceptors (Lipinski definition) is 5. The zero-order valence-electron chi connectivity index (χ0n) is 9.77. The van der Waals surface area contributed by atoms with Crippen LogP contribution in [-0.4, -0.2) is 34.2 Å². The van der Waals surface area contributed by atoms with Crippen LogP contribution >= 0.6 is 11.6 Å². The van der Waals surface area contributed by atoms with Gasteiger partial charge in [-0.3, -0.25) is 0 Å². The molecule has 1 saturated heterocycles. The van der Waals surface area contributed by atoms with Gasteiger partial charge in [0.2, 0.25) is 5.28 Å². The Labute approximate surface area is 110 Å². The van der Waals surface area contributed by atoms with Gasteiger partial charge in [0.1, 0.15) is 5.82 Å². The van der Waals surface area contributed by atoms with Crippen LogP contribution in [0.5, 0.6) is 0 Å². The second-order valence-electron chi connectivity index (χ2n) is 4.25. The second kappa shape index (κ2) is 5.04. The van der Waals surface area contributed by atoms with Gasteiger partial charge in [0, 0.05) is 25.5 Å². The van der Waals surface area contributed by atoms with Crippen LogP contribution in [0, 0.1) is 0 Å². The summed E-state index contributed by atoms with van der Waals surface area (Å²) in [6.45, 7) is 1.57. The van der Waals surface area contributed by atoms with Crippen molar-refractivity contribution in [3.05, 3.63) is 23.6 Å². The van der Waals surface area contributed by atoms with Crippen LogP contribution < -0.4 is 5.32 Å². The maximum Gasteiger partial charge on any atom is 0.226 e. The first-order valence-electron chi connectivity index (χ1n) is 5.95. The molecule has 94 valence electrons. The van der Waals surface area contributed by atoms with Crippen LogP contribution in [0.1, 0.15) is 12.8 Å². The lowest BCUT2D eigenvalue weighted by Gasteiger charge is -2.24. The Morgan fingerprint density at radius 2 is 2.11 bits per heavy atom. The summed E-state index contributed by atoms with van der Waals surface area (Å²) in [6, 6.07) is 4.18. The highest BCUT2D eigenvalue weighted by Crippen LogP contribution is 2.22. The first-order valence-corrected chi connectivity index (χ1v) is 6.33. The Hall–Kier alpha value is -1.46. The molecular weight excluding hydrogens is 252 g/mol. The van der Waals surface area contributed by atoms with Crippen LogP contribution in [0.4, 0.5) is 5.82 Å². The van der Waals surface area contributed by atoms with E-state index in [1.54, 1.807) is 6.20 Å². The van der Waals surface area contributed by atoms with Crippen molar-refractivity contribution < 1.29 is 4.74 Å². The van der Waals surface area contributed by atoms with E-state index in [9.17, 15) is 0 Å². The largest absolute Gasteiger partial charge is 0.381 e. The molecule has 0 amide bonds. The van der Waals surface area contributed by atoms with Crippen LogP contribution in [0.3, 0.4) is 0 Å². The van der Waals surface area contributed by atoms with Crippen molar-refractivity contribution in [3.63, 3.8) is 0 Å². The molecule has 0 saturated carbocycles. The molecule has 6 heteroatoms. The number of fused-ring (bicyclic) bond motifs is 1. The predicted molar refractivity (Wildman–Crippen MR) is 69.8 cm³/mol. The normalized spacial score (nSPS) is 16.9. The topological polar surface area (TPSA) is 59.9 Å². The Morgan fingerprint density at radius 3 is 2.94 bits per heavy atom. The third-order valence-corrected chi connectivity index (χ3v) is 3.18. The summed E-state index contributed by atoms with van der Waals surface area (Å²) in [7, 11) is 0. The fourth-order valence-electron chi connectivity index (χ4n) is 2.08. The summed E-state index contributed by atoms with van der Waals surface area (Å²) in [5.41, 5.74) is 0.618. The van der Waals surface area contributed by atoms with Gasteiger partial charge in [-0.05, 0) is 36.6 Å². The molecule has 0 radical (unpaired) electrons. The smallest absolute Gasteiger partial charge is 0.226 e. The van der Waals surface area contributed by atoms with Crippen molar-refractivity contribution in [3.8, 4) is 0 Å². The van der Waals surface area contributed by atoms with Gasteiger partial charge < -0.3 is 10.1 Å². The lowest BCUT2D eigenvalue weighted by Crippen LogP contribution is -2.28. The highest BCUT2D eigenvalue weighted by atomic mass is 35.5. The first kappa shape index (κ1) is 11.6. The quantitative estimate of drug-likeness (QED) is 0.843. The fraction of sp³-hybridized carbons (Fsp3) is 0.417. The molecule has 1 fully saturated rings. The van der Waals surface area contributed by atoms with Gasteiger partial charge in [0.25, 0.3) is 0 Å². The van der Waals surface area contributed by atoms with Gasteiger partial charge in [-0.15, -0.1) is 0 Å². The van der Waals surface area contributed by atoms with Gasteiger partial charge in [0.15, 0.2) is 5.65 Å². The molecule has 5 nitrogen and oxygen atoms in total.